The van der Waals surface area contributed by atoms with E-state index in [9.17, 15) is 4.79 Å². The summed E-state index contributed by atoms with van der Waals surface area (Å²) in [5.41, 5.74) is 3.87. The van der Waals surface area contributed by atoms with Crippen LogP contribution >= 0.6 is 0 Å². The van der Waals surface area contributed by atoms with Crippen LogP contribution in [-0.2, 0) is 6.54 Å². The summed E-state index contributed by atoms with van der Waals surface area (Å²) in [7, 11) is 0. The van der Waals surface area contributed by atoms with E-state index in [-0.39, 0.29) is 5.92 Å². The van der Waals surface area contributed by atoms with Gasteiger partial charge in [-0.2, -0.15) is 0 Å². The molecule has 1 aliphatic rings. The summed E-state index contributed by atoms with van der Waals surface area (Å²) in [5.74, 6) is 1.13. The van der Waals surface area contributed by atoms with Gasteiger partial charge in [-0.3, -0.25) is 9.78 Å². The number of hydrogen-bond donors (Lipinski definition) is 0. The van der Waals surface area contributed by atoms with Gasteiger partial charge in [-0.15, -0.1) is 0 Å². The zero-order valence-electron chi connectivity index (χ0n) is 16.0. The Balaban J connectivity index is 1.82. The predicted molar refractivity (Wildman–Crippen MR) is 108 cm³/mol. The summed E-state index contributed by atoms with van der Waals surface area (Å²) >= 11 is 0. The van der Waals surface area contributed by atoms with E-state index in [2.05, 4.69) is 29.5 Å². The van der Waals surface area contributed by atoms with E-state index < -0.39 is 0 Å². The zero-order valence-corrected chi connectivity index (χ0v) is 16.0. The average molecular weight is 362 g/mol. The largest absolute Gasteiger partial charge is 0.490 e. The SMILES string of the molecule is CC(C)c1c(C=O)c2ccc(OC3CCCC3)cc2n1Cc1ccccn1. The quantitative estimate of drug-likeness (QED) is 0.556. The van der Waals surface area contributed by atoms with Crippen LogP contribution < -0.4 is 4.74 Å². The monoisotopic (exact) mass is 362 g/mol. The summed E-state index contributed by atoms with van der Waals surface area (Å²) in [4.78, 5) is 16.4. The van der Waals surface area contributed by atoms with E-state index in [0.717, 1.165) is 52.7 Å². The molecule has 4 nitrogen and oxygen atoms in total. The molecule has 27 heavy (non-hydrogen) atoms. The molecule has 1 aromatic carbocycles. The van der Waals surface area contributed by atoms with Crippen LogP contribution in [0.5, 0.6) is 5.75 Å². The van der Waals surface area contributed by atoms with Gasteiger partial charge in [-0.05, 0) is 55.9 Å². The van der Waals surface area contributed by atoms with Crippen molar-refractivity contribution in [1.29, 1.82) is 0 Å². The van der Waals surface area contributed by atoms with Crippen LogP contribution in [0.25, 0.3) is 10.9 Å². The Labute approximate surface area is 160 Å². The summed E-state index contributed by atoms with van der Waals surface area (Å²) in [6, 6.07) is 12.1. The fraction of sp³-hybridized carbons (Fsp3) is 0.391. The minimum absolute atomic E-state index is 0.237. The smallest absolute Gasteiger partial charge is 0.152 e. The minimum Gasteiger partial charge on any atom is -0.490 e. The van der Waals surface area contributed by atoms with Crippen molar-refractivity contribution in [3.8, 4) is 5.75 Å². The second-order valence-corrected chi connectivity index (χ2v) is 7.68. The number of nitrogens with zero attached hydrogens (tertiary/aromatic N) is 2. The highest BCUT2D eigenvalue weighted by Gasteiger charge is 2.21. The molecule has 1 saturated carbocycles. The zero-order chi connectivity index (χ0) is 18.8. The number of fused-ring (bicyclic) bond motifs is 1. The number of aromatic nitrogens is 2. The highest BCUT2D eigenvalue weighted by atomic mass is 16.5. The van der Waals surface area contributed by atoms with Crippen LogP contribution in [0.2, 0.25) is 0 Å². The standard InChI is InChI=1S/C23H26N2O2/c1-16(2)23-21(15-26)20-11-10-19(27-18-8-3-4-9-18)13-22(20)25(23)14-17-7-5-6-12-24-17/h5-7,10-13,15-16,18H,3-4,8-9,14H2,1-2H3. The molecular weight excluding hydrogens is 336 g/mol. The van der Waals surface area contributed by atoms with Gasteiger partial charge < -0.3 is 9.30 Å². The van der Waals surface area contributed by atoms with Crippen LogP contribution in [0, 0.1) is 0 Å². The molecule has 4 heteroatoms. The van der Waals surface area contributed by atoms with Gasteiger partial charge in [0.1, 0.15) is 5.75 Å². The second-order valence-electron chi connectivity index (χ2n) is 7.68. The maximum Gasteiger partial charge on any atom is 0.152 e. The van der Waals surface area contributed by atoms with Crippen LogP contribution in [0.1, 0.15) is 67.2 Å². The van der Waals surface area contributed by atoms with Crippen molar-refractivity contribution in [3.05, 3.63) is 59.5 Å². The number of carbonyl (C=O) groups excluding carboxylic acids is 1. The second kappa shape index (κ2) is 7.55. The Bertz CT molecular complexity index is 938. The Kier molecular flexibility index (Phi) is 4.97. The van der Waals surface area contributed by atoms with E-state index >= 15 is 0 Å². The lowest BCUT2D eigenvalue weighted by Gasteiger charge is -2.15. The van der Waals surface area contributed by atoms with Gasteiger partial charge >= 0.3 is 0 Å². The number of carbonyl (C=O) groups is 1. The summed E-state index contributed by atoms with van der Waals surface area (Å²) in [6.45, 7) is 4.91. The molecule has 3 aromatic rings. The Morgan fingerprint density at radius 1 is 1.22 bits per heavy atom. The van der Waals surface area contributed by atoms with E-state index in [1.807, 2.05) is 36.5 Å². The maximum atomic E-state index is 11.9. The molecule has 1 aliphatic carbocycles. The van der Waals surface area contributed by atoms with Crippen molar-refractivity contribution in [2.24, 2.45) is 0 Å². The van der Waals surface area contributed by atoms with Crippen LogP contribution in [0.3, 0.4) is 0 Å². The van der Waals surface area contributed by atoms with E-state index in [0.29, 0.717) is 12.6 Å². The molecule has 0 spiro atoms. The van der Waals surface area contributed by atoms with Crippen molar-refractivity contribution in [2.75, 3.05) is 0 Å². The van der Waals surface area contributed by atoms with E-state index in [1.54, 1.807) is 0 Å². The summed E-state index contributed by atoms with van der Waals surface area (Å²) in [6.07, 6.45) is 7.87. The molecule has 140 valence electrons. The molecule has 1 fully saturated rings. The molecule has 0 radical (unpaired) electrons. The van der Waals surface area contributed by atoms with Gasteiger partial charge in [0.15, 0.2) is 6.29 Å². The Hall–Kier alpha value is -2.62. The van der Waals surface area contributed by atoms with E-state index in [4.69, 9.17) is 4.74 Å². The molecule has 2 aromatic heterocycles. The molecule has 0 amide bonds. The van der Waals surface area contributed by atoms with Gasteiger partial charge in [-0.1, -0.05) is 19.9 Å². The summed E-state index contributed by atoms with van der Waals surface area (Å²) < 4.78 is 8.44. The minimum atomic E-state index is 0.237. The number of rotatable bonds is 6. The maximum absolute atomic E-state index is 11.9. The van der Waals surface area contributed by atoms with Crippen LogP contribution in [0.4, 0.5) is 0 Å². The lowest BCUT2D eigenvalue weighted by molar-refractivity contribution is 0.112. The molecular formula is C23H26N2O2. The number of pyridine rings is 1. The molecule has 0 saturated heterocycles. The highest BCUT2D eigenvalue weighted by molar-refractivity contribution is 6.00. The first-order valence-corrected chi connectivity index (χ1v) is 9.85. The van der Waals surface area contributed by atoms with Crippen molar-refractivity contribution in [1.82, 2.24) is 9.55 Å². The molecule has 2 heterocycles. The van der Waals surface area contributed by atoms with Crippen LogP contribution in [0.15, 0.2) is 42.6 Å². The molecule has 0 unspecified atom stereocenters. The Morgan fingerprint density at radius 2 is 2.04 bits per heavy atom. The predicted octanol–water partition coefficient (Wildman–Crippen LogP) is 5.34. The first kappa shape index (κ1) is 17.8. The fourth-order valence-corrected chi connectivity index (χ4v) is 4.22. The van der Waals surface area contributed by atoms with Crippen molar-refractivity contribution in [2.45, 2.75) is 58.1 Å². The lowest BCUT2D eigenvalue weighted by Crippen LogP contribution is -2.11. The first-order chi connectivity index (χ1) is 13.2. The van der Waals surface area contributed by atoms with Crippen molar-refractivity contribution in [3.63, 3.8) is 0 Å². The Morgan fingerprint density at radius 3 is 2.70 bits per heavy atom. The van der Waals surface area contributed by atoms with Gasteiger partial charge in [-0.25, -0.2) is 0 Å². The molecule has 0 atom stereocenters. The van der Waals surface area contributed by atoms with Gasteiger partial charge in [0.25, 0.3) is 0 Å². The van der Waals surface area contributed by atoms with Crippen molar-refractivity contribution >= 4 is 17.2 Å². The normalized spacial score (nSPS) is 14.9. The molecule has 0 N–H and O–H groups in total. The topological polar surface area (TPSA) is 44.1 Å². The third-order valence-corrected chi connectivity index (χ3v) is 5.43. The number of benzene rings is 1. The fourth-order valence-electron chi connectivity index (χ4n) is 4.22. The number of hydrogen-bond acceptors (Lipinski definition) is 3. The first-order valence-electron chi connectivity index (χ1n) is 9.85. The summed E-state index contributed by atoms with van der Waals surface area (Å²) in [5, 5.41) is 0.989. The average Bonchev–Trinajstić information content (AvgIpc) is 3.28. The highest BCUT2D eigenvalue weighted by Crippen LogP contribution is 2.34. The van der Waals surface area contributed by atoms with Gasteiger partial charge in [0.2, 0.25) is 0 Å². The van der Waals surface area contributed by atoms with Gasteiger partial charge in [0, 0.05) is 28.9 Å². The lowest BCUT2D eigenvalue weighted by atomic mass is 10.0. The third-order valence-electron chi connectivity index (χ3n) is 5.43. The molecule has 0 bridgehead atoms. The van der Waals surface area contributed by atoms with E-state index in [1.165, 1.54) is 12.8 Å². The van der Waals surface area contributed by atoms with Crippen molar-refractivity contribution < 1.29 is 9.53 Å². The third kappa shape index (κ3) is 3.48. The number of aldehydes is 1. The number of ether oxygens (including phenoxy) is 1. The van der Waals surface area contributed by atoms with Gasteiger partial charge in [0.05, 0.1) is 23.9 Å². The van der Waals surface area contributed by atoms with Crippen LogP contribution in [-0.4, -0.2) is 21.9 Å². The molecule has 0 aliphatic heterocycles. The molecule has 4 rings (SSSR count).